The average molecular weight is 388 g/mol. The van der Waals surface area contributed by atoms with Gasteiger partial charge in [0.25, 0.3) is 0 Å². The zero-order valence-electron chi connectivity index (χ0n) is 15.2. The maximum Gasteiger partial charge on any atom is 0.238 e. The molecule has 0 saturated carbocycles. The number of nitrogens with one attached hydrogen (secondary N) is 1. The molecule has 1 amide bonds. The van der Waals surface area contributed by atoms with Crippen molar-refractivity contribution >= 4 is 21.6 Å². The van der Waals surface area contributed by atoms with Crippen LogP contribution in [0.25, 0.3) is 0 Å². The summed E-state index contributed by atoms with van der Waals surface area (Å²) in [5.41, 5.74) is 3.16. The molecule has 2 aromatic rings. The summed E-state index contributed by atoms with van der Waals surface area (Å²) >= 11 is 0. The van der Waals surface area contributed by atoms with Gasteiger partial charge in [0.15, 0.2) is 0 Å². The fourth-order valence-electron chi connectivity index (χ4n) is 3.24. The Kier molecular flexibility index (Phi) is 6.13. The Morgan fingerprint density at radius 2 is 1.56 bits per heavy atom. The molecular weight excluding hydrogens is 362 g/mol. The topological polar surface area (TPSA) is 92.5 Å². The van der Waals surface area contributed by atoms with Crippen molar-refractivity contribution in [3.05, 3.63) is 59.7 Å². The van der Waals surface area contributed by atoms with Gasteiger partial charge in [0.1, 0.15) is 0 Å². The van der Waals surface area contributed by atoms with Crippen LogP contribution >= 0.6 is 0 Å². The van der Waals surface area contributed by atoms with Gasteiger partial charge < -0.3 is 10.2 Å². The highest BCUT2D eigenvalue weighted by molar-refractivity contribution is 7.89. The van der Waals surface area contributed by atoms with Crippen LogP contribution in [0.4, 0.5) is 5.69 Å². The minimum absolute atomic E-state index is 0.0231. The van der Waals surface area contributed by atoms with E-state index in [9.17, 15) is 13.2 Å². The van der Waals surface area contributed by atoms with E-state index >= 15 is 0 Å². The van der Waals surface area contributed by atoms with Crippen molar-refractivity contribution in [2.24, 2.45) is 5.14 Å². The normalized spacial score (nSPS) is 14.3. The predicted octanol–water partition coefficient (Wildman–Crippen LogP) is 1.84. The monoisotopic (exact) mass is 387 g/mol. The van der Waals surface area contributed by atoms with Crippen LogP contribution in [-0.4, -0.2) is 34.0 Å². The molecular formula is C20H25N3O3S. The van der Waals surface area contributed by atoms with Crippen LogP contribution in [-0.2, 0) is 27.7 Å². The second-order valence-corrected chi connectivity index (χ2v) is 8.39. The fourth-order valence-corrected chi connectivity index (χ4v) is 3.76. The van der Waals surface area contributed by atoms with E-state index in [-0.39, 0.29) is 10.8 Å². The van der Waals surface area contributed by atoms with E-state index in [0.29, 0.717) is 19.4 Å². The second kappa shape index (κ2) is 8.54. The number of carbonyl (C=O) groups is 1. The number of rotatable bonds is 7. The Bertz CT molecular complexity index is 872. The van der Waals surface area contributed by atoms with E-state index in [1.165, 1.54) is 30.7 Å². The summed E-state index contributed by atoms with van der Waals surface area (Å²) in [4.78, 5) is 14.6. The lowest BCUT2D eigenvalue weighted by Crippen LogP contribution is -2.27. The molecule has 0 aliphatic carbocycles. The number of anilines is 1. The van der Waals surface area contributed by atoms with Crippen molar-refractivity contribution in [2.45, 2.75) is 30.6 Å². The third kappa shape index (κ3) is 5.55. The van der Waals surface area contributed by atoms with E-state index < -0.39 is 10.0 Å². The Morgan fingerprint density at radius 3 is 2.15 bits per heavy atom. The van der Waals surface area contributed by atoms with Crippen molar-refractivity contribution in [3.63, 3.8) is 0 Å². The van der Waals surface area contributed by atoms with Crippen LogP contribution in [0.5, 0.6) is 0 Å². The summed E-state index contributed by atoms with van der Waals surface area (Å²) in [7, 11) is -3.67. The van der Waals surface area contributed by atoms with Crippen LogP contribution in [0.3, 0.4) is 0 Å². The molecule has 0 atom stereocenters. The number of hydrogen-bond donors (Lipinski definition) is 2. The number of sulfonamides is 1. The first kappa shape index (κ1) is 19.4. The second-order valence-electron chi connectivity index (χ2n) is 6.83. The smallest absolute Gasteiger partial charge is 0.238 e. The fraction of sp³-hybridized carbons (Fsp3) is 0.350. The number of nitrogens with zero attached hydrogens (tertiary/aromatic N) is 1. The van der Waals surface area contributed by atoms with Crippen molar-refractivity contribution < 1.29 is 13.2 Å². The molecule has 6 nitrogen and oxygen atoms in total. The quantitative estimate of drug-likeness (QED) is 0.758. The Labute approximate surface area is 160 Å². The molecule has 0 bridgehead atoms. The Balaban J connectivity index is 1.44. The maximum atomic E-state index is 12.1. The number of benzene rings is 2. The maximum absolute atomic E-state index is 12.1. The number of carbonyl (C=O) groups excluding carboxylic acids is 1. The number of hydrogen-bond acceptors (Lipinski definition) is 4. The third-order valence-electron chi connectivity index (χ3n) is 4.76. The molecule has 1 aliphatic heterocycles. The molecule has 1 aliphatic rings. The largest absolute Gasteiger partial charge is 0.372 e. The van der Waals surface area contributed by atoms with Crippen LogP contribution in [0.2, 0.25) is 0 Å². The molecule has 27 heavy (non-hydrogen) atoms. The van der Waals surface area contributed by atoms with Crippen molar-refractivity contribution in [3.8, 4) is 0 Å². The molecule has 0 aromatic heterocycles. The van der Waals surface area contributed by atoms with Crippen LogP contribution < -0.4 is 15.4 Å². The molecule has 1 saturated heterocycles. The number of amides is 1. The Hall–Kier alpha value is -2.38. The van der Waals surface area contributed by atoms with E-state index in [4.69, 9.17) is 5.14 Å². The lowest BCUT2D eigenvalue weighted by atomic mass is 10.1. The number of primary sulfonamides is 1. The summed E-state index contributed by atoms with van der Waals surface area (Å²) in [5.74, 6) is -0.0231. The lowest BCUT2D eigenvalue weighted by Gasteiger charge is -2.17. The average Bonchev–Trinajstić information content (AvgIpc) is 3.17. The van der Waals surface area contributed by atoms with Crippen molar-refractivity contribution in [1.29, 1.82) is 0 Å². The molecule has 3 N–H and O–H groups in total. The van der Waals surface area contributed by atoms with Gasteiger partial charge in [-0.1, -0.05) is 24.3 Å². The zero-order chi connectivity index (χ0) is 19.3. The third-order valence-corrected chi connectivity index (χ3v) is 5.69. The molecule has 2 aromatic carbocycles. The van der Waals surface area contributed by atoms with Crippen molar-refractivity contribution in [2.75, 3.05) is 24.5 Å². The minimum atomic E-state index is -3.67. The Morgan fingerprint density at radius 1 is 0.963 bits per heavy atom. The van der Waals surface area contributed by atoms with Gasteiger partial charge in [-0.2, -0.15) is 0 Å². The zero-order valence-corrected chi connectivity index (χ0v) is 16.0. The molecule has 0 spiro atoms. The first-order valence-corrected chi connectivity index (χ1v) is 10.7. The summed E-state index contributed by atoms with van der Waals surface area (Å²) in [6.07, 6.45) is 3.47. The summed E-state index contributed by atoms with van der Waals surface area (Å²) in [6.45, 7) is 2.72. The molecule has 3 rings (SSSR count). The van der Waals surface area contributed by atoms with Gasteiger partial charge >= 0.3 is 0 Å². The molecule has 0 unspecified atom stereocenters. The first-order chi connectivity index (χ1) is 12.9. The van der Waals surface area contributed by atoms with E-state index in [1.54, 1.807) is 12.1 Å². The highest BCUT2D eigenvalue weighted by Crippen LogP contribution is 2.20. The molecule has 144 valence electrons. The molecule has 1 fully saturated rings. The van der Waals surface area contributed by atoms with Gasteiger partial charge in [-0.25, -0.2) is 13.6 Å². The van der Waals surface area contributed by atoms with Crippen LogP contribution in [0, 0.1) is 0 Å². The van der Waals surface area contributed by atoms with Crippen LogP contribution in [0.15, 0.2) is 53.4 Å². The van der Waals surface area contributed by atoms with E-state index in [0.717, 1.165) is 24.2 Å². The van der Waals surface area contributed by atoms with Gasteiger partial charge in [0.2, 0.25) is 15.9 Å². The summed E-state index contributed by atoms with van der Waals surface area (Å²) in [6, 6.07) is 14.6. The van der Waals surface area contributed by atoms with Gasteiger partial charge in [0.05, 0.1) is 11.3 Å². The highest BCUT2D eigenvalue weighted by Gasteiger charge is 2.12. The van der Waals surface area contributed by atoms with E-state index in [1.807, 2.05) is 12.1 Å². The lowest BCUT2D eigenvalue weighted by molar-refractivity contribution is -0.120. The van der Waals surface area contributed by atoms with Gasteiger partial charge in [-0.15, -0.1) is 0 Å². The minimum Gasteiger partial charge on any atom is -0.372 e. The number of nitrogens with two attached hydrogens (primary N) is 1. The van der Waals surface area contributed by atoms with Crippen LogP contribution in [0.1, 0.15) is 24.0 Å². The molecule has 1 heterocycles. The van der Waals surface area contributed by atoms with Crippen molar-refractivity contribution in [1.82, 2.24) is 5.32 Å². The standard InChI is InChI=1S/C20H25N3O3S/c21-27(25,26)19-9-5-16(6-10-19)11-12-22-20(24)15-17-3-7-18(8-4-17)23-13-1-2-14-23/h3-10H,1-2,11-15H2,(H,22,24)(H2,21,25,26). The SMILES string of the molecule is NS(=O)(=O)c1ccc(CCNC(=O)Cc2ccc(N3CCCC3)cc2)cc1. The molecule has 0 radical (unpaired) electrons. The van der Waals surface area contributed by atoms with Gasteiger partial charge in [-0.05, 0) is 54.7 Å². The highest BCUT2D eigenvalue weighted by atomic mass is 32.2. The van der Waals surface area contributed by atoms with E-state index in [2.05, 4.69) is 22.3 Å². The predicted molar refractivity (Wildman–Crippen MR) is 106 cm³/mol. The summed E-state index contributed by atoms with van der Waals surface area (Å²) in [5, 5.41) is 7.98. The summed E-state index contributed by atoms with van der Waals surface area (Å²) < 4.78 is 22.5. The van der Waals surface area contributed by atoms with Gasteiger partial charge in [-0.3, -0.25) is 4.79 Å². The first-order valence-electron chi connectivity index (χ1n) is 9.14. The molecule has 7 heteroatoms. The van der Waals surface area contributed by atoms with Gasteiger partial charge in [0, 0.05) is 25.3 Å².